The third kappa shape index (κ3) is 4.57. The number of hydrogen-bond donors (Lipinski definition) is 1. The van der Waals surface area contributed by atoms with E-state index in [4.69, 9.17) is 27.9 Å². The van der Waals surface area contributed by atoms with Crippen LogP contribution in [0.3, 0.4) is 0 Å². The molecule has 5 nitrogen and oxygen atoms in total. The monoisotopic (exact) mass is 460 g/mol. The predicted octanol–water partition coefficient (Wildman–Crippen LogP) is 3.64. The summed E-state index contributed by atoms with van der Waals surface area (Å²) in [6.07, 6.45) is 0. The molecule has 0 saturated carbocycles. The van der Waals surface area contributed by atoms with Crippen molar-refractivity contribution in [2.45, 2.75) is 6.92 Å². The molecule has 0 amide bonds. The van der Waals surface area contributed by atoms with E-state index in [0.717, 1.165) is 11.3 Å². The van der Waals surface area contributed by atoms with Crippen LogP contribution in [0.4, 0.5) is 0 Å². The van der Waals surface area contributed by atoms with Gasteiger partial charge in [0.1, 0.15) is 5.75 Å². The van der Waals surface area contributed by atoms with Gasteiger partial charge in [0.15, 0.2) is 5.69 Å². The molecule has 0 aliphatic carbocycles. The van der Waals surface area contributed by atoms with Gasteiger partial charge in [-0.2, -0.15) is 5.10 Å². The molecule has 3 aromatic carbocycles. The summed E-state index contributed by atoms with van der Waals surface area (Å²) in [6.45, 7) is 1.96. The zero-order valence-corrected chi connectivity index (χ0v) is 19.3. The second kappa shape index (κ2) is 9.85. The zero-order chi connectivity index (χ0) is 22.1. The number of rotatable bonds is 5. The molecule has 1 N–H and O–H groups in total. The van der Waals surface area contributed by atoms with Crippen molar-refractivity contribution in [2.24, 2.45) is 0 Å². The molecular formula is C24H19Cl2LiN2O3. The molecule has 0 radical (unpaired) electrons. The minimum absolute atomic E-state index is 0. The number of nitrogens with zero attached hydrogens (tertiary/aromatic N) is 2. The van der Waals surface area contributed by atoms with Gasteiger partial charge in [-0.05, 0) is 55.0 Å². The van der Waals surface area contributed by atoms with Crippen molar-refractivity contribution < 1.29 is 34.9 Å². The van der Waals surface area contributed by atoms with Crippen molar-refractivity contribution >= 4 is 29.2 Å². The second-order valence-electron chi connectivity index (χ2n) is 6.98. The van der Waals surface area contributed by atoms with Crippen molar-refractivity contribution in [1.29, 1.82) is 0 Å². The van der Waals surface area contributed by atoms with E-state index in [1.54, 1.807) is 35.0 Å². The molecule has 0 saturated heterocycles. The Bertz CT molecular complexity index is 1310. The normalized spacial score (nSPS) is 10.5. The summed E-state index contributed by atoms with van der Waals surface area (Å²) in [6, 6.07) is 19.9. The predicted molar refractivity (Wildman–Crippen MR) is 124 cm³/mol. The fourth-order valence-electron chi connectivity index (χ4n) is 3.55. The van der Waals surface area contributed by atoms with Crippen molar-refractivity contribution in [3.05, 3.63) is 88.0 Å². The molecule has 0 unspecified atom stereocenters. The van der Waals surface area contributed by atoms with Gasteiger partial charge in [-0.15, -0.1) is 0 Å². The average Bonchev–Trinajstić information content (AvgIpc) is 3.14. The van der Waals surface area contributed by atoms with Crippen LogP contribution >= 0.6 is 23.2 Å². The van der Waals surface area contributed by atoms with Gasteiger partial charge in [0, 0.05) is 26.7 Å². The third-order valence-electron chi connectivity index (χ3n) is 4.86. The minimum atomic E-state index is -1.16. The Morgan fingerprint density at radius 3 is 2.41 bits per heavy atom. The van der Waals surface area contributed by atoms with E-state index in [9.17, 15) is 9.90 Å². The van der Waals surface area contributed by atoms with Crippen LogP contribution in [0.15, 0.2) is 66.7 Å². The SMILES string of the molecule is COc1ccc(Cl)cc1-c1c(C(=O)O)nn(-c2cccc(C)c2)c1-c1cccc(Cl)c1.[H-].[Li+]. The molecule has 1 heterocycles. The van der Waals surface area contributed by atoms with E-state index in [-0.39, 0.29) is 26.0 Å². The number of ether oxygens (including phenoxy) is 1. The fraction of sp³-hybridized carbons (Fsp3) is 0.0833. The molecule has 0 aliphatic heterocycles. The van der Waals surface area contributed by atoms with E-state index >= 15 is 0 Å². The van der Waals surface area contributed by atoms with Crippen LogP contribution in [0.2, 0.25) is 10.0 Å². The van der Waals surface area contributed by atoms with E-state index in [1.807, 2.05) is 43.3 Å². The maximum Gasteiger partial charge on any atom is 1.00 e. The van der Waals surface area contributed by atoms with E-state index < -0.39 is 5.97 Å². The van der Waals surface area contributed by atoms with Crippen LogP contribution in [0.25, 0.3) is 28.1 Å². The number of carboxylic acid groups (broad SMARTS) is 1. The first kappa shape index (κ1) is 24.0. The van der Waals surface area contributed by atoms with Crippen LogP contribution in [0.1, 0.15) is 17.5 Å². The topological polar surface area (TPSA) is 64.3 Å². The molecule has 0 bridgehead atoms. The van der Waals surface area contributed by atoms with Crippen LogP contribution < -0.4 is 23.6 Å². The fourth-order valence-corrected chi connectivity index (χ4v) is 3.91. The second-order valence-corrected chi connectivity index (χ2v) is 7.86. The number of benzene rings is 3. The Balaban J connectivity index is 0.00000193. The van der Waals surface area contributed by atoms with E-state index in [0.29, 0.717) is 38.2 Å². The molecule has 0 fully saturated rings. The largest absolute Gasteiger partial charge is 1.00 e. The van der Waals surface area contributed by atoms with Crippen LogP contribution in [0.5, 0.6) is 5.75 Å². The van der Waals surface area contributed by atoms with Gasteiger partial charge >= 0.3 is 24.8 Å². The van der Waals surface area contributed by atoms with Crippen LogP contribution in [0, 0.1) is 6.92 Å². The zero-order valence-electron chi connectivity index (χ0n) is 18.8. The summed E-state index contributed by atoms with van der Waals surface area (Å²) in [5.41, 5.74) is 3.85. The first-order valence-corrected chi connectivity index (χ1v) is 10.2. The molecule has 4 rings (SSSR count). The van der Waals surface area contributed by atoms with Crippen molar-refractivity contribution in [3.8, 4) is 33.8 Å². The summed E-state index contributed by atoms with van der Waals surface area (Å²) in [5, 5.41) is 15.5. The minimum Gasteiger partial charge on any atom is -1.00 e. The van der Waals surface area contributed by atoms with Gasteiger partial charge in [-0.1, -0.05) is 47.5 Å². The number of aromatic nitrogens is 2. The van der Waals surface area contributed by atoms with Crippen molar-refractivity contribution in [2.75, 3.05) is 7.11 Å². The first-order valence-electron chi connectivity index (χ1n) is 9.42. The number of halogens is 2. The van der Waals surface area contributed by atoms with E-state index in [2.05, 4.69) is 5.10 Å². The summed E-state index contributed by atoms with van der Waals surface area (Å²) in [4.78, 5) is 12.3. The standard InChI is InChI=1S/C24H18Cl2N2O3.Li.H/c1-14-5-3-8-18(11-14)28-23(15-6-4-7-16(25)12-15)21(22(27-28)24(29)30)19-13-17(26)9-10-20(19)31-2;;/h3-13H,1-2H3,(H,29,30);;/q;+1;-1. The van der Waals surface area contributed by atoms with E-state index in [1.165, 1.54) is 7.11 Å². The van der Waals surface area contributed by atoms with Gasteiger partial charge in [-0.25, -0.2) is 9.48 Å². The number of carboxylic acids is 1. The summed E-state index contributed by atoms with van der Waals surface area (Å²) >= 11 is 12.6. The first-order chi connectivity index (χ1) is 14.9. The van der Waals surface area contributed by atoms with Gasteiger partial charge in [0.25, 0.3) is 0 Å². The number of hydrogen-bond acceptors (Lipinski definition) is 3. The maximum atomic E-state index is 12.3. The van der Waals surface area contributed by atoms with Gasteiger partial charge in [-0.3, -0.25) is 0 Å². The summed E-state index contributed by atoms with van der Waals surface area (Å²) < 4.78 is 7.15. The Hall–Kier alpha value is -2.68. The van der Waals surface area contributed by atoms with Crippen molar-refractivity contribution in [1.82, 2.24) is 9.78 Å². The molecule has 1 aromatic heterocycles. The van der Waals surface area contributed by atoms with Crippen LogP contribution in [-0.2, 0) is 0 Å². The molecule has 0 aliphatic rings. The summed E-state index contributed by atoms with van der Waals surface area (Å²) in [7, 11) is 1.53. The molecule has 0 spiro atoms. The third-order valence-corrected chi connectivity index (χ3v) is 5.33. The Labute approximate surface area is 209 Å². The number of methoxy groups -OCH3 is 1. The number of aryl methyl sites for hydroxylation is 1. The number of carbonyl (C=O) groups is 1. The summed E-state index contributed by atoms with van der Waals surface area (Å²) in [5.74, 6) is -0.675. The van der Waals surface area contributed by atoms with Gasteiger partial charge in [0.05, 0.1) is 18.5 Å². The quantitative estimate of drug-likeness (QED) is 0.461. The number of aromatic carboxylic acids is 1. The Morgan fingerprint density at radius 2 is 1.75 bits per heavy atom. The Morgan fingerprint density at radius 1 is 1.03 bits per heavy atom. The Kier molecular flexibility index (Phi) is 7.38. The molecular weight excluding hydrogens is 442 g/mol. The molecule has 32 heavy (non-hydrogen) atoms. The van der Waals surface area contributed by atoms with Crippen molar-refractivity contribution in [3.63, 3.8) is 0 Å². The molecule has 0 atom stereocenters. The average molecular weight is 461 g/mol. The molecule has 158 valence electrons. The van der Waals surface area contributed by atoms with Gasteiger partial charge < -0.3 is 11.3 Å². The molecule has 4 aromatic rings. The van der Waals surface area contributed by atoms with Gasteiger partial charge in [0.2, 0.25) is 0 Å². The maximum absolute atomic E-state index is 12.3. The van der Waals surface area contributed by atoms with Crippen LogP contribution in [-0.4, -0.2) is 28.0 Å². The smallest absolute Gasteiger partial charge is 1.00 e. The molecule has 8 heteroatoms.